The summed E-state index contributed by atoms with van der Waals surface area (Å²) in [6.07, 6.45) is -0.719. The highest BCUT2D eigenvalue weighted by Crippen LogP contribution is 2.33. The highest BCUT2D eigenvalue weighted by atomic mass is 35.5. The van der Waals surface area contributed by atoms with Crippen molar-refractivity contribution in [2.75, 3.05) is 25.8 Å². The quantitative estimate of drug-likeness (QED) is 0.555. The van der Waals surface area contributed by atoms with Crippen LogP contribution in [-0.2, 0) is 5.41 Å². The minimum Gasteiger partial charge on any atom is -0.491 e. The van der Waals surface area contributed by atoms with Gasteiger partial charge in [-0.1, -0.05) is 38.1 Å². The van der Waals surface area contributed by atoms with Crippen molar-refractivity contribution >= 4 is 11.6 Å². The average Bonchev–Trinajstić information content (AvgIpc) is 2.71. The first kappa shape index (κ1) is 22.4. The highest BCUT2D eigenvalue weighted by Gasteiger charge is 2.30. The van der Waals surface area contributed by atoms with E-state index in [1.807, 2.05) is 38.1 Å². The standard InChI is InChI=1S/C21H24ClF3O3/c1-20(2,15-3-7-18(8-4-15)27-12-17(26)11-22)16-5-9-19(10-6-16)28-14-21(24,25)13-23/h3-10,17,26H,11-14H2,1-2H3/t17-/m1/s1. The topological polar surface area (TPSA) is 38.7 Å². The number of benzene rings is 2. The molecule has 0 saturated carbocycles. The van der Waals surface area contributed by atoms with Crippen LogP contribution in [0.2, 0.25) is 0 Å². The summed E-state index contributed by atoms with van der Waals surface area (Å²) in [6, 6.07) is 14.3. The Morgan fingerprint density at radius 1 is 0.929 bits per heavy atom. The predicted molar refractivity (Wildman–Crippen MR) is 104 cm³/mol. The molecule has 0 bridgehead atoms. The molecule has 7 heteroatoms. The summed E-state index contributed by atoms with van der Waals surface area (Å²) in [5.41, 5.74) is 1.63. The molecule has 0 saturated heterocycles. The van der Waals surface area contributed by atoms with E-state index in [9.17, 15) is 18.3 Å². The fraction of sp³-hybridized carbons (Fsp3) is 0.429. The lowest BCUT2D eigenvalue weighted by atomic mass is 9.78. The van der Waals surface area contributed by atoms with Gasteiger partial charge < -0.3 is 14.6 Å². The van der Waals surface area contributed by atoms with Gasteiger partial charge in [0.05, 0.1) is 5.88 Å². The summed E-state index contributed by atoms with van der Waals surface area (Å²) >= 11 is 5.54. The Balaban J connectivity index is 2.05. The molecule has 0 heterocycles. The zero-order valence-corrected chi connectivity index (χ0v) is 16.6. The molecular formula is C21H24ClF3O3. The first-order valence-corrected chi connectivity index (χ1v) is 9.36. The van der Waals surface area contributed by atoms with Gasteiger partial charge in [-0.15, -0.1) is 11.6 Å². The Morgan fingerprint density at radius 3 is 1.82 bits per heavy atom. The van der Waals surface area contributed by atoms with Gasteiger partial charge in [-0.2, -0.15) is 8.78 Å². The molecule has 2 rings (SSSR count). The van der Waals surface area contributed by atoms with Crippen LogP contribution in [0.5, 0.6) is 11.5 Å². The second kappa shape index (κ2) is 9.52. The molecule has 0 aromatic heterocycles. The monoisotopic (exact) mass is 416 g/mol. The fourth-order valence-corrected chi connectivity index (χ4v) is 2.66. The van der Waals surface area contributed by atoms with Crippen LogP contribution in [0.15, 0.2) is 48.5 Å². The molecule has 28 heavy (non-hydrogen) atoms. The van der Waals surface area contributed by atoms with Crippen molar-refractivity contribution in [2.24, 2.45) is 0 Å². The van der Waals surface area contributed by atoms with E-state index < -0.39 is 25.3 Å². The smallest absolute Gasteiger partial charge is 0.309 e. The van der Waals surface area contributed by atoms with Crippen molar-refractivity contribution in [3.05, 3.63) is 59.7 Å². The van der Waals surface area contributed by atoms with Gasteiger partial charge in [-0.25, -0.2) is 4.39 Å². The van der Waals surface area contributed by atoms with Crippen molar-refractivity contribution in [1.29, 1.82) is 0 Å². The summed E-state index contributed by atoms with van der Waals surface area (Å²) in [7, 11) is 0. The summed E-state index contributed by atoms with van der Waals surface area (Å²) in [5, 5.41) is 9.44. The molecule has 1 atom stereocenters. The summed E-state index contributed by atoms with van der Waals surface area (Å²) in [5.74, 6) is -2.49. The highest BCUT2D eigenvalue weighted by molar-refractivity contribution is 6.18. The zero-order chi connectivity index (χ0) is 20.8. The molecule has 0 amide bonds. The Kier molecular flexibility index (Phi) is 7.61. The largest absolute Gasteiger partial charge is 0.491 e. The Bertz CT molecular complexity index is 734. The van der Waals surface area contributed by atoms with Gasteiger partial charge in [-0.05, 0) is 35.4 Å². The lowest BCUT2D eigenvalue weighted by Gasteiger charge is -2.26. The van der Waals surface area contributed by atoms with Gasteiger partial charge in [0.25, 0.3) is 0 Å². The number of rotatable bonds is 10. The molecule has 0 aliphatic carbocycles. The minimum atomic E-state index is -3.48. The van der Waals surface area contributed by atoms with E-state index in [2.05, 4.69) is 0 Å². The zero-order valence-electron chi connectivity index (χ0n) is 15.8. The minimum absolute atomic E-state index is 0.107. The van der Waals surface area contributed by atoms with Crippen LogP contribution in [0, 0.1) is 0 Å². The molecule has 0 fully saturated rings. The normalized spacial score (nSPS) is 13.2. The summed E-state index contributed by atoms with van der Waals surface area (Å²) in [6.45, 7) is 1.45. The van der Waals surface area contributed by atoms with E-state index in [-0.39, 0.29) is 23.7 Å². The van der Waals surface area contributed by atoms with Gasteiger partial charge in [0.2, 0.25) is 0 Å². The molecule has 0 radical (unpaired) electrons. The molecule has 0 aliphatic rings. The van der Waals surface area contributed by atoms with Crippen molar-refractivity contribution in [3.8, 4) is 11.5 Å². The van der Waals surface area contributed by atoms with Gasteiger partial charge in [-0.3, -0.25) is 0 Å². The predicted octanol–water partition coefficient (Wildman–Crippen LogP) is 4.97. The summed E-state index contributed by atoms with van der Waals surface area (Å²) < 4.78 is 48.5. The third-order valence-electron chi connectivity index (χ3n) is 4.42. The number of halogens is 4. The van der Waals surface area contributed by atoms with Crippen LogP contribution in [0.3, 0.4) is 0 Å². The maximum Gasteiger partial charge on any atom is 0.309 e. The molecule has 154 valence electrons. The molecular weight excluding hydrogens is 393 g/mol. The summed E-state index contributed by atoms with van der Waals surface area (Å²) in [4.78, 5) is 0. The Morgan fingerprint density at radius 2 is 1.39 bits per heavy atom. The lowest BCUT2D eigenvalue weighted by molar-refractivity contribution is -0.0584. The second-order valence-corrected chi connectivity index (χ2v) is 7.38. The Labute approximate surface area is 168 Å². The molecule has 0 aliphatic heterocycles. The maximum atomic E-state index is 12.9. The van der Waals surface area contributed by atoms with Crippen LogP contribution in [-0.4, -0.2) is 42.9 Å². The first-order valence-electron chi connectivity index (χ1n) is 8.82. The van der Waals surface area contributed by atoms with Gasteiger partial charge >= 0.3 is 5.92 Å². The molecule has 0 unspecified atom stereocenters. The number of aliphatic hydroxyl groups is 1. The van der Waals surface area contributed by atoms with E-state index in [4.69, 9.17) is 21.1 Å². The molecule has 0 spiro atoms. The molecule has 3 nitrogen and oxygen atoms in total. The van der Waals surface area contributed by atoms with E-state index in [1.54, 1.807) is 24.3 Å². The Hall–Kier alpha value is -1.92. The van der Waals surface area contributed by atoms with Gasteiger partial charge in [0.1, 0.15) is 24.2 Å². The fourth-order valence-electron chi connectivity index (χ4n) is 2.57. The van der Waals surface area contributed by atoms with E-state index in [0.717, 1.165) is 11.1 Å². The number of hydrogen-bond donors (Lipinski definition) is 1. The third-order valence-corrected chi connectivity index (χ3v) is 4.77. The van der Waals surface area contributed by atoms with Gasteiger partial charge in [0.15, 0.2) is 13.3 Å². The molecule has 2 aromatic rings. The first-order chi connectivity index (χ1) is 13.2. The van der Waals surface area contributed by atoms with Crippen molar-refractivity contribution in [3.63, 3.8) is 0 Å². The number of ether oxygens (including phenoxy) is 2. The SMILES string of the molecule is CC(C)(c1ccc(OC[C@H](O)CCl)cc1)c1ccc(OCC(F)(F)CF)cc1. The molecule has 2 aromatic carbocycles. The van der Waals surface area contributed by atoms with E-state index >= 15 is 0 Å². The van der Waals surface area contributed by atoms with Crippen molar-refractivity contribution < 1.29 is 27.8 Å². The third kappa shape index (κ3) is 6.04. The van der Waals surface area contributed by atoms with Crippen LogP contribution in [0.4, 0.5) is 13.2 Å². The van der Waals surface area contributed by atoms with Crippen LogP contribution in [0.1, 0.15) is 25.0 Å². The van der Waals surface area contributed by atoms with E-state index in [0.29, 0.717) is 5.75 Å². The van der Waals surface area contributed by atoms with Crippen molar-refractivity contribution in [1.82, 2.24) is 0 Å². The van der Waals surface area contributed by atoms with Crippen molar-refractivity contribution in [2.45, 2.75) is 31.3 Å². The average molecular weight is 417 g/mol. The molecule has 1 N–H and O–H groups in total. The lowest BCUT2D eigenvalue weighted by Crippen LogP contribution is -2.27. The maximum absolute atomic E-state index is 12.9. The van der Waals surface area contributed by atoms with E-state index in [1.165, 1.54) is 0 Å². The number of aliphatic hydroxyl groups excluding tert-OH is 1. The van der Waals surface area contributed by atoms with Crippen LogP contribution in [0.25, 0.3) is 0 Å². The van der Waals surface area contributed by atoms with Gasteiger partial charge in [0, 0.05) is 5.41 Å². The number of hydrogen-bond acceptors (Lipinski definition) is 3. The second-order valence-electron chi connectivity index (χ2n) is 7.07. The van der Waals surface area contributed by atoms with Crippen LogP contribution < -0.4 is 9.47 Å². The van der Waals surface area contributed by atoms with Crippen LogP contribution >= 0.6 is 11.6 Å². The number of alkyl halides is 4.